The third kappa shape index (κ3) is 1.65. The van der Waals surface area contributed by atoms with Crippen LogP contribution in [-0.2, 0) is 13.6 Å². The van der Waals surface area contributed by atoms with Gasteiger partial charge in [-0.3, -0.25) is 4.68 Å². The molecule has 1 saturated carbocycles. The molecule has 0 unspecified atom stereocenters. The van der Waals surface area contributed by atoms with Crippen molar-refractivity contribution in [1.82, 2.24) is 9.78 Å². The Morgan fingerprint density at radius 1 is 1.35 bits per heavy atom. The maximum Gasteiger partial charge on any atom is 0.0929 e. The summed E-state index contributed by atoms with van der Waals surface area (Å²) in [4.78, 5) is 0. The lowest BCUT2D eigenvalue weighted by Crippen LogP contribution is -2.04. The number of fused-ring (bicyclic) bond motifs is 1. The molecule has 3 nitrogen and oxygen atoms in total. The van der Waals surface area contributed by atoms with Gasteiger partial charge in [-0.05, 0) is 24.5 Å². The zero-order valence-electron chi connectivity index (χ0n) is 10.3. The monoisotopic (exact) mass is 229 g/mol. The van der Waals surface area contributed by atoms with E-state index in [1.807, 2.05) is 0 Å². The highest BCUT2D eigenvalue weighted by Gasteiger charge is 2.24. The van der Waals surface area contributed by atoms with Crippen molar-refractivity contribution in [3.63, 3.8) is 0 Å². The van der Waals surface area contributed by atoms with Crippen molar-refractivity contribution >= 4 is 10.9 Å². The van der Waals surface area contributed by atoms with E-state index < -0.39 is 0 Å². The zero-order valence-corrected chi connectivity index (χ0v) is 10.3. The van der Waals surface area contributed by atoms with Crippen LogP contribution in [0.3, 0.4) is 0 Å². The summed E-state index contributed by atoms with van der Waals surface area (Å²) in [7, 11) is 2.06. The summed E-state index contributed by atoms with van der Waals surface area (Å²) in [6, 6.07) is 6.27. The molecule has 1 aliphatic carbocycles. The second-order valence-electron chi connectivity index (χ2n) is 5.01. The van der Waals surface area contributed by atoms with Crippen LogP contribution in [0.5, 0.6) is 0 Å². The van der Waals surface area contributed by atoms with Gasteiger partial charge in [-0.2, -0.15) is 5.10 Å². The van der Waals surface area contributed by atoms with E-state index in [0.29, 0.717) is 12.5 Å². The van der Waals surface area contributed by atoms with E-state index in [4.69, 9.17) is 5.73 Å². The molecular formula is C14H19N3. The Kier molecular flexibility index (Phi) is 2.63. The Labute approximate surface area is 102 Å². The SMILES string of the molecule is Cn1nc2cccc(CN)c2c1C1CCCC1. The smallest absolute Gasteiger partial charge is 0.0929 e. The molecule has 0 atom stereocenters. The van der Waals surface area contributed by atoms with Crippen LogP contribution < -0.4 is 5.73 Å². The quantitative estimate of drug-likeness (QED) is 0.860. The minimum atomic E-state index is 0.600. The number of aromatic nitrogens is 2. The van der Waals surface area contributed by atoms with Crippen LogP contribution >= 0.6 is 0 Å². The highest BCUT2D eigenvalue weighted by molar-refractivity contribution is 5.85. The second kappa shape index (κ2) is 4.15. The van der Waals surface area contributed by atoms with E-state index in [0.717, 1.165) is 5.52 Å². The molecule has 3 rings (SSSR count). The standard InChI is InChI=1S/C14H19N3/c1-17-14(10-5-2-3-6-10)13-11(9-15)7-4-8-12(13)16-17/h4,7-8,10H,2-3,5-6,9,15H2,1H3. The second-order valence-corrected chi connectivity index (χ2v) is 5.01. The van der Waals surface area contributed by atoms with Crippen molar-refractivity contribution in [2.45, 2.75) is 38.1 Å². The van der Waals surface area contributed by atoms with Gasteiger partial charge in [0, 0.05) is 30.6 Å². The van der Waals surface area contributed by atoms with E-state index in [1.54, 1.807) is 0 Å². The normalized spacial score (nSPS) is 17.1. The fourth-order valence-corrected chi connectivity index (χ4v) is 3.18. The number of nitrogens with two attached hydrogens (primary N) is 1. The van der Waals surface area contributed by atoms with Gasteiger partial charge in [0.05, 0.1) is 5.52 Å². The van der Waals surface area contributed by atoms with Gasteiger partial charge in [-0.1, -0.05) is 25.0 Å². The largest absolute Gasteiger partial charge is 0.326 e. The maximum atomic E-state index is 5.86. The molecule has 1 aliphatic rings. The Hall–Kier alpha value is -1.35. The predicted octanol–water partition coefficient (Wildman–Crippen LogP) is 2.69. The highest BCUT2D eigenvalue weighted by atomic mass is 15.3. The highest BCUT2D eigenvalue weighted by Crippen LogP contribution is 2.38. The molecule has 0 saturated heterocycles. The first-order valence-corrected chi connectivity index (χ1v) is 6.46. The van der Waals surface area contributed by atoms with E-state index in [1.165, 1.54) is 42.3 Å². The first-order valence-electron chi connectivity index (χ1n) is 6.46. The summed E-state index contributed by atoms with van der Waals surface area (Å²) in [5, 5.41) is 5.94. The average molecular weight is 229 g/mol. The molecule has 1 heterocycles. The van der Waals surface area contributed by atoms with Crippen LogP contribution in [0.4, 0.5) is 0 Å². The number of aryl methyl sites for hydroxylation is 1. The molecule has 0 bridgehead atoms. The number of hydrogen-bond acceptors (Lipinski definition) is 2. The Morgan fingerprint density at radius 2 is 2.12 bits per heavy atom. The molecule has 90 valence electrons. The molecule has 0 amide bonds. The van der Waals surface area contributed by atoms with Crippen molar-refractivity contribution in [1.29, 1.82) is 0 Å². The van der Waals surface area contributed by atoms with Crippen molar-refractivity contribution in [3.8, 4) is 0 Å². The first-order chi connectivity index (χ1) is 8.31. The molecule has 0 spiro atoms. The van der Waals surface area contributed by atoms with Gasteiger partial charge in [-0.25, -0.2) is 0 Å². The van der Waals surface area contributed by atoms with Crippen molar-refractivity contribution < 1.29 is 0 Å². The van der Waals surface area contributed by atoms with Gasteiger partial charge < -0.3 is 5.73 Å². The molecule has 1 aromatic carbocycles. The molecule has 1 aromatic heterocycles. The fourth-order valence-electron chi connectivity index (χ4n) is 3.18. The Bertz CT molecular complexity index is 536. The van der Waals surface area contributed by atoms with Crippen LogP contribution in [0.1, 0.15) is 42.9 Å². The van der Waals surface area contributed by atoms with Gasteiger partial charge in [-0.15, -0.1) is 0 Å². The molecule has 0 radical (unpaired) electrons. The number of hydrogen-bond donors (Lipinski definition) is 1. The van der Waals surface area contributed by atoms with Crippen molar-refractivity contribution in [2.24, 2.45) is 12.8 Å². The van der Waals surface area contributed by atoms with Crippen molar-refractivity contribution in [2.75, 3.05) is 0 Å². The van der Waals surface area contributed by atoms with Gasteiger partial charge in [0.25, 0.3) is 0 Å². The van der Waals surface area contributed by atoms with E-state index in [2.05, 4.69) is 35.0 Å². The Balaban J connectivity index is 2.24. The van der Waals surface area contributed by atoms with E-state index >= 15 is 0 Å². The molecule has 2 aromatic rings. The van der Waals surface area contributed by atoms with Gasteiger partial charge in [0.15, 0.2) is 0 Å². The number of benzene rings is 1. The lowest BCUT2D eigenvalue weighted by molar-refractivity contribution is 0.623. The summed E-state index contributed by atoms with van der Waals surface area (Å²) < 4.78 is 2.07. The Morgan fingerprint density at radius 3 is 2.82 bits per heavy atom. The van der Waals surface area contributed by atoms with Crippen LogP contribution in [0, 0.1) is 0 Å². The topological polar surface area (TPSA) is 43.8 Å². The van der Waals surface area contributed by atoms with Crippen molar-refractivity contribution in [3.05, 3.63) is 29.5 Å². The van der Waals surface area contributed by atoms with Crippen LogP contribution in [0.2, 0.25) is 0 Å². The lowest BCUT2D eigenvalue weighted by atomic mass is 9.97. The predicted molar refractivity (Wildman–Crippen MR) is 69.8 cm³/mol. The lowest BCUT2D eigenvalue weighted by Gasteiger charge is -2.11. The van der Waals surface area contributed by atoms with Crippen LogP contribution in [0.25, 0.3) is 10.9 Å². The summed E-state index contributed by atoms with van der Waals surface area (Å²) in [5.74, 6) is 0.678. The van der Waals surface area contributed by atoms with E-state index in [-0.39, 0.29) is 0 Å². The van der Waals surface area contributed by atoms with Crippen LogP contribution in [-0.4, -0.2) is 9.78 Å². The van der Waals surface area contributed by atoms with E-state index in [9.17, 15) is 0 Å². The average Bonchev–Trinajstić information content (AvgIpc) is 2.93. The third-order valence-electron chi connectivity index (χ3n) is 3.95. The molecule has 1 fully saturated rings. The number of nitrogens with zero attached hydrogens (tertiary/aromatic N) is 2. The molecule has 0 aliphatic heterocycles. The molecule has 2 N–H and O–H groups in total. The minimum absolute atomic E-state index is 0.600. The molecule has 3 heteroatoms. The fraction of sp³-hybridized carbons (Fsp3) is 0.500. The van der Waals surface area contributed by atoms with Gasteiger partial charge >= 0.3 is 0 Å². The van der Waals surface area contributed by atoms with Gasteiger partial charge in [0.1, 0.15) is 0 Å². The number of rotatable bonds is 2. The maximum absolute atomic E-state index is 5.86. The third-order valence-corrected chi connectivity index (χ3v) is 3.95. The molecular weight excluding hydrogens is 210 g/mol. The molecule has 17 heavy (non-hydrogen) atoms. The summed E-state index contributed by atoms with van der Waals surface area (Å²) in [5.41, 5.74) is 9.59. The first kappa shape index (κ1) is 10.8. The minimum Gasteiger partial charge on any atom is -0.326 e. The van der Waals surface area contributed by atoms with Gasteiger partial charge in [0.2, 0.25) is 0 Å². The summed E-state index contributed by atoms with van der Waals surface area (Å²) >= 11 is 0. The zero-order chi connectivity index (χ0) is 11.8. The summed E-state index contributed by atoms with van der Waals surface area (Å²) in [6.07, 6.45) is 5.30. The van der Waals surface area contributed by atoms with Crippen LogP contribution in [0.15, 0.2) is 18.2 Å². The summed E-state index contributed by atoms with van der Waals surface area (Å²) in [6.45, 7) is 0.600.